The standard InChI is InChI=1S/C12H19N3O4/c1-8(2)6-19-7-9(16)3-14-11-5-13-10(4-15-11)12(17)18/h4-5,8-9,16H,3,6-7H2,1-2H3,(H,14,15)(H,17,18). The summed E-state index contributed by atoms with van der Waals surface area (Å²) in [4.78, 5) is 18.2. The van der Waals surface area contributed by atoms with E-state index in [1.165, 1.54) is 6.20 Å². The van der Waals surface area contributed by atoms with Crippen molar-refractivity contribution >= 4 is 11.8 Å². The summed E-state index contributed by atoms with van der Waals surface area (Å²) in [6.07, 6.45) is 1.82. The van der Waals surface area contributed by atoms with Crippen LogP contribution in [0.3, 0.4) is 0 Å². The van der Waals surface area contributed by atoms with Gasteiger partial charge >= 0.3 is 5.97 Å². The van der Waals surface area contributed by atoms with Crippen molar-refractivity contribution < 1.29 is 19.7 Å². The Balaban J connectivity index is 2.29. The molecular weight excluding hydrogens is 250 g/mol. The predicted molar refractivity (Wildman–Crippen MR) is 69.1 cm³/mol. The summed E-state index contributed by atoms with van der Waals surface area (Å²) in [5.41, 5.74) is -0.119. The number of aliphatic hydroxyl groups excluding tert-OH is 1. The minimum absolute atomic E-state index is 0.119. The Morgan fingerprint density at radius 3 is 2.63 bits per heavy atom. The fourth-order valence-corrected chi connectivity index (χ4v) is 1.25. The molecule has 0 saturated heterocycles. The Morgan fingerprint density at radius 1 is 1.37 bits per heavy atom. The van der Waals surface area contributed by atoms with Crippen LogP contribution < -0.4 is 5.32 Å². The first-order valence-electron chi connectivity index (χ1n) is 6.04. The van der Waals surface area contributed by atoms with Crippen molar-refractivity contribution in [3.63, 3.8) is 0 Å². The van der Waals surface area contributed by atoms with Gasteiger partial charge in [0.25, 0.3) is 0 Å². The molecule has 1 aromatic heterocycles. The number of nitrogens with one attached hydrogen (secondary N) is 1. The summed E-state index contributed by atoms with van der Waals surface area (Å²) in [6.45, 7) is 5.17. The third-order valence-electron chi connectivity index (χ3n) is 2.15. The normalized spacial score (nSPS) is 12.4. The van der Waals surface area contributed by atoms with Crippen LogP contribution in [-0.2, 0) is 4.74 Å². The second-order valence-corrected chi connectivity index (χ2v) is 4.56. The zero-order chi connectivity index (χ0) is 14.3. The van der Waals surface area contributed by atoms with Crippen molar-refractivity contribution in [2.24, 2.45) is 5.92 Å². The van der Waals surface area contributed by atoms with Crippen LogP contribution in [-0.4, -0.2) is 52.0 Å². The molecule has 0 saturated carbocycles. The largest absolute Gasteiger partial charge is 0.476 e. The molecule has 0 bridgehead atoms. The summed E-state index contributed by atoms with van der Waals surface area (Å²) >= 11 is 0. The van der Waals surface area contributed by atoms with Gasteiger partial charge in [0, 0.05) is 13.2 Å². The lowest BCUT2D eigenvalue weighted by Gasteiger charge is -2.13. The number of carboxylic acid groups (broad SMARTS) is 1. The van der Waals surface area contributed by atoms with E-state index in [1.54, 1.807) is 0 Å². The van der Waals surface area contributed by atoms with E-state index in [-0.39, 0.29) is 18.8 Å². The van der Waals surface area contributed by atoms with E-state index < -0.39 is 12.1 Å². The van der Waals surface area contributed by atoms with E-state index >= 15 is 0 Å². The number of carboxylic acids is 1. The second-order valence-electron chi connectivity index (χ2n) is 4.56. The molecule has 0 fully saturated rings. The first kappa shape index (κ1) is 15.3. The summed E-state index contributed by atoms with van der Waals surface area (Å²) < 4.78 is 5.29. The summed E-state index contributed by atoms with van der Waals surface area (Å²) in [7, 11) is 0. The van der Waals surface area contributed by atoms with Gasteiger partial charge in [-0.25, -0.2) is 14.8 Å². The van der Waals surface area contributed by atoms with Gasteiger partial charge in [0.2, 0.25) is 0 Å². The minimum Gasteiger partial charge on any atom is -0.476 e. The monoisotopic (exact) mass is 269 g/mol. The highest BCUT2D eigenvalue weighted by molar-refractivity contribution is 5.84. The summed E-state index contributed by atoms with van der Waals surface area (Å²) in [5.74, 6) is -0.288. The van der Waals surface area contributed by atoms with Crippen LogP contribution in [0.15, 0.2) is 12.4 Å². The molecule has 0 aromatic carbocycles. The lowest BCUT2D eigenvalue weighted by Crippen LogP contribution is -2.26. The van der Waals surface area contributed by atoms with E-state index in [0.29, 0.717) is 18.3 Å². The van der Waals surface area contributed by atoms with Crippen LogP contribution in [0, 0.1) is 5.92 Å². The summed E-state index contributed by atoms with van der Waals surface area (Å²) in [5, 5.41) is 21.1. The SMILES string of the molecule is CC(C)COCC(O)CNc1cnc(C(=O)O)cn1. The number of aromatic nitrogens is 2. The highest BCUT2D eigenvalue weighted by Crippen LogP contribution is 2.02. The highest BCUT2D eigenvalue weighted by Gasteiger charge is 2.07. The molecule has 19 heavy (non-hydrogen) atoms. The molecule has 1 aromatic rings. The zero-order valence-corrected chi connectivity index (χ0v) is 11.0. The molecule has 0 aliphatic heterocycles. The maximum absolute atomic E-state index is 10.6. The van der Waals surface area contributed by atoms with Crippen molar-refractivity contribution in [2.45, 2.75) is 20.0 Å². The Morgan fingerprint density at radius 2 is 2.11 bits per heavy atom. The average Bonchev–Trinajstić information content (AvgIpc) is 2.36. The first-order valence-corrected chi connectivity index (χ1v) is 6.04. The average molecular weight is 269 g/mol. The Labute approximate surface area is 111 Å². The number of hydrogen-bond acceptors (Lipinski definition) is 6. The van der Waals surface area contributed by atoms with Gasteiger partial charge in [-0.3, -0.25) is 0 Å². The Bertz CT molecular complexity index is 394. The molecule has 0 aliphatic carbocycles. The molecule has 7 heteroatoms. The van der Waals surface area contributed by atoms with E-state index in [0.717, 1.165) is 6.20 Å². The number of rotatable bonds is 8. The highest BCUT2D eigenvalue weighted by atomic mass is 16.5. The molecule has 0 aliphatic rings. The lowest BCUT2D eigenvalue weighted by molar-refractivity contribution is 0.0317. The second kappa shape index (κ2) is 7.65. The minimum atomic E-state index is -1.12. The Kier molecular flexibility index (Phi) is 6.17. The summed E-state index contributed by atoms with van der Waals surface area (Å²) in [6, 6.07) is 0. The number of anilines is 1. The molecule has 0 amide bonds. The van der Waals surface area contributed by atoms with Crippen molar-refractivity contribution in [2.75, 3.05) is 25.1 Å². The predicted octanol–water partition coefficient (Wildman–Crippen LogP) is 0.620. The van der Waals surface area contributed by atoms with Crippen molar-refractivity contribution in [3.8, 4) is 0 Å². The molecular formula is C12H19N3O4. The molecule has 1 heterocycles. The number of aromatic carboxylic acids is 1. The quantitative estimate of drug-likeness (QED) is 0.635. The van der Waals surface area contributed by atoms with Gasteiger partial charge in [0.1, 0.15) is 5.82 Å². The van der Waals surface area contributed by atoms with Crippen molar-refractivity contribution in [3.05, 3.63) is 18.1 Å². The van der Waals surface area contributed by atoms with Gasteiger partial charge < -0.3 is 20.3 Å². The number of nitrogens with zero attached hydrogens (tertiary/aromatic N) is 2. The van der Waals surface area contributed by atoms with E-state index in [9.17, 15) is 9.90 Å². The van der Waals surface area contributed by atoms with Gasteiger partial charge in [0.05, 0.1) is 25.1 Å². The van der Waals surface area contributed by atoms with Crippen LogP contribution in [0.25, 0.3) is 0 Å². The van der Waals surface area contributed by atoms with Crippen molar-refractivity contribution in [1.29, 1.82) is 0 Å². The van der Waals surface area contributed by atoms with Gasteiger partial charge in [-0.1, -0.05) is 13.8 Å². The molecule has 0 spiro atoms. The fourth-order valence-electron chi connectivity index (χ4n) is 1.25. The number of aliphatic hydroxyl groups is 1. The van der Waals surface area contributed by atoms with Gasteiger partial charge in [-0.2, -0.15) is 0 Å². The lowest BCUT2D eigenvalue weighted by atomic mass is 10.2. The van der Waals surface area contributed by atoms with Crippen LogP contribution >= 0.6 is 0 Å². The molecule has 7 nitrogen and oxygen atoms in total. The molecule has 0 radical (unpaired) electrons. The third-order valence-corrected chi connectivity index (χ3v) is 2.15. The smallest absolute Gasteiger partial charge is 0.356 e. The molecule has 1 unspecified atom stereocenters. The first-order chi connectivity index (χ1) is 8.99. The zero-order valence-electron chi connectivity index (χ0n) is 11.0. The Hall–Kier alpha value is -1.73. The number of carbonyl (C=O) groups is 1. The van der Waals surface area contributed by atoms with Gasteiger partial charge in [-0.05, 0) is 5.92 Å². The van der Waals surface area contributed by atoms with Gasteiger partial charge in [-0.15, -0.1) is 0 Å². The van der Waals surface area contributed by atoms with Gasteiger partial charge in [0.15, 0.2) is 5.69 Å². The third kappa shape index (κ3) is 6.12. The number of hydrogen-bond donors (Lipinski definition) is 3. The molecule has 1 rings (SSSR count). The molecule has 3 N–H and O–H groups in total. The van der Waals surface area contributed by atoms with Crippen LogP contribution in [0.4, 0.5) is 5.82 Å². The maximum Gasteiger partial charge on any atom is 0.356 e. The topological polar surface area (TPSA) is 105 Å². The van der Waals surface area contributed by atoms with Crippen LogP contribution in [0.1, 0.15) is 24.3 Å². The van der Waals surface area contributed by atoms with E-state index in [4.69, 9.17) is 9.84 Å². The number of ether oxygens (including phenoxy) is 1. The molecule has 106 valence electrons. The van der Waals surface area contributed by atoms with E-state index in [2.05, 4.69) is 15.3 Å². The molecule has 1 atom stereocenters. The van der Waals surface area contributed by atoms with Crippen LogP contribution in [0.5, 0.6) is 0 Å². The van der Waals surface area contributed by atoms with E-state index in [1.807, 2.05) is 13.8 Å². The van der Waals surface area contributed by atoms with Crippen molar-refractivity contribution in [1.82, 2.24) is 9.97 Å². The van der Waals surface area contributed by atoms with Crippen LogP contribution in [0.2, 0.25) is 0 Å². The maximum atomic E-state index is 10.6. The fraction of sp³-hybridized carbons (Fsp3) is 0.583.